The summed E-state index contributed by atoms with van der Waals surface area (Å²) in [4.78, 5) is 17.4. The first-order valence-electron chi connectivity index (χ1n) is 11.4. The highest BCUT2D eigenvalue weighted by Crippen LogP contribution is 2.51. The van der Waals surface area contributed by atoms with Gasteiger partial charge in [0.2, 0.25) is 0 Å². The number of nitrogens with one attached hydrogen (secondary N) is 1. The van der Waals surface area contributed by atoms with Crippen molar-refractivity contribution in [2.24, 2.45) is 17.0 Å². The van der Waals surface area contributed by atoms with Gasteiger partial charge in [-0.2, -0.15) is 0 Å². The van der Waals surface area contributed by atoms with Crippen molar-refractivity contribution in [2.75, 3.05) is 11.9 Å². The van der Waals surface area contributed by atoms with E-state index < -0.39 is 44.0 Å². The van der Waals surface area contributed by atoms with E-state index in [9.17, 15) is 31.5 Å². The minimum absolute atomic E-state index is 0.0879. The molecule has 2 aromatic carbocycles. The predicted octanol–water partition coefficient (Wildman–Crippen LogP) is 4.89. The van der Waals surface area contributed by atoms with E-state index >= 15 is 0 Å². The Bertz CT molecular complexity index is 1330. The number of fused-ring (bicyclic) bond motifs is 2. The van der Waals surface area contributed by atoms with E-state index in [4.69, 9.17) is 16.4 Å². The molecule has 12 heteroatoms. The number of aliphatic hydroxyl groups is 1. The third kappa shape index (κ3) is 5.53. The average molecular weight is 557 g/mol. The standard InChI is InChI=1S/C25H24ClF3N2O5S/c1-2-7-36-30-13-25(33)11-15-3-4-16(12-25)23(15)37(34,35)21-8-14(5-6-18(21)26)24(32)31-17-9-19(27)22(29)20(28)10-17/h2,5-6,8-10,13,15-16,23,33H,1,3-4,7,11-12H2,(H,31,32)/b30-13+/t15?,16?,23-,25-. The first-order chi connectivity index (χ1) is 17.4. The van der Waals surface area contributed by atoms with Crippen molar-refractivity contribution in [1.82, 2.24) is 0 Å². The highest BCUT2D eigenvalue weighted by molar-refractivity contribution is 7.92. The van der Waals surface area contributed by atoms with Crippen LogP contribution >= 0.6 is 11.6 Å². The third-order valence-corrected chi connectivity index (χ3v) is 9.61. The molecule has 2 aliphatic rings. The maximum atomic E-state index is 13.7. The van der Waals surface area contributed by atoms with Gasteiger partial charge in [0.25, 0.3) is 5.91 Å². The van der Waals surface area contributed by atoms with Gasteiger partial charge in [-0.1, -0.05) is 29.4 Å². The Morgan fingerprint density at radius 3 is 2.41 bits per heavy atom. The number of halogens is 4. The molecule has 0 spiro atoms. The molecule has 4 rings (SSSR count). The van der Waals surface area contributed by atoms with E-state index in [1.807, 2.05) is 0 Å². The molecule has 2 aromatic rings. The van der Waals surface area contributed by atoms with Crippen LogP contribution in [0.2, 0.25) is 5.02 Å². The molecule has 7 nitrogen and oxygen atoms in total. The summed E-state index contributed by atoms with van der Waals surface area (Å²) in [6, 6.07) is 4.84. The average Bonchev–Trinajstić information content (AvgIpc) is 3.13. The second-order valence-electron chi connectivity index (χ2n) is 9.29. The Morgan fingerprint density at radius 1 is 1.19 bits per heavy atom. The fourth-order valence-corrected chi connectivity index (χ4v) is 8.10. The lowest BCUT2D eigenvalue weighted by Gasteiger charge is -2.38. The zero-order valence-corrected chi connectivity index (χ0v) is 21.0. The van der Waals surface area contributed by atoms with Crippen LogP contribution < -0.4 is 5.32 Å². The molecule has 0 heterocycles. The van der Waals surface area contributed by atoms with Crippen LogP contribution in [0.15, 0.2) is 53.0 Å². The fourth-order valence-electron chi connectivity index (χ4n) is 5.25. The van der Waals surface area contributed by atoms with Gasteiger partial charge in [0.15, 0.2) is 27.3 Å². The maximum Gasteiger partial charge on any atom is 0.255 e. The summed E-state index contributed by atoms with van der Waals surface area (Å²) in [5.74, 6) is -6.27. The van der Waals surface area contributed by atoms with Crippen molar-refractivity contribution in [3.63, 3.8) is 0 Å². The Labute approximate surface area is 216 Å². The molecule has 0 radical (unpaired) electrons. The molecule has 0 aliphatic heterocycles. The number of amides is 1. The number of benzene rings is 2. The number of hydrogen-bond donors (Lipinski definition) is 2. The molecule has 2 unspecified atom stereocenters. The monoisotopic (exact) mass is 556 g/mol. The number of hydrogen-bond acceptors (Lipinski definition) is 6. The summed E-state index contributed by atoms with van der Waals surface area (Å²) in [5.41, 5.74) is -1.78. The second-order valence-corrected chi connectivity index (χ2v) is 11.8. The molecule has 2 N–H and O–H groups in total. The van der Waals surface area contributed by atoms with Gasteiger partial charge in [0.05, 0.1) is 21.4 Å². The van der Waals surface area contributed by atoms with Crippen molar-refractivity contribution in [3.05, 3.63) is 71.0 Å². The van der Waals surface area contributed by atoms with E-state index in [0.29, 0.717) is 25.0 Å². The SMILES string of the molecule is C=CCO/N=C/[C@]1(O)CC2CCC(C1)[C@H]2S(=O)(=O)c1cc(C(=O)Nc2cc(F)c(F)c(F)c2)ccc1Cl. The highest BCUT2D eigenvalue weighted by atomic mass is 35.5. The lowest BCUT2D eigenvalue weighted by atomic mass is 9.78. The number of carbonyl (C=O) groups excluding carboxylic acids is 1. The Hall–Kier alpha value is -2.89. The van der Waals surface area contributed by atoms with Crippen LogP contribution in [-0.4, -0.2) is 43.1 Å². The molecule has 37 heavy (non-hydrogen) atoms. The van der Waals surface area contributed by atoms with Crippen molar-refractivity contribution in [2.45, 2.75) is 41.4 Å². The smallest absolute Gasteiger partial charge is 0.255 e. The van der Waals surface area contributed by atoms with E-state index in [1.54, 1.807) is 0 Å². The van der Waals surface area contributed by atoms with Crippen LogP contribution in [0.3, 0.4) is 0 Å². The number of rotatable bonds is 8. The van der Waals surface area contributed by atoms with Crippen LogP contribution in [0, 0.1) is 29.3 Å². The second kappa shape index (κ2) is 10.5. The largest absolute Gasteiger partial charge is 0.392 e. The van der Waals surface area contributed by atoms with Crippen molar-refractivity contribution in [3.8, 4) is 0 Å². The number of nitrogens with zero attached hydrogens (tertiary/aromatic N) is 1. The molecule has 2 bridgehead atoms. The zero-order chi connectivity index (χ0) is 27.0. The van der Waals surface area contributed by atoms with Gasteiger partial charge in [-0.3, -0.25) is 4.79 Å². The minimum Gasteiger partial charge on any atom is -0.392 e. The Kier molecular flexibility index (Phi) is 7.68. The first-order valence-corrected chi connectivity index (χ1v) is 13.4. The van der Waals surface area contributed by atoms with Crippen molar-refractivity contribution < 1.29 is 36.3 Å². The third-order valence-electron chi connectivity index (χ3n) is 6.73. The Morgan fingerprint density at radius 2 is 1.81 bits per heavy atom. The zero-order valence-electron chi connectivity index (χ0n) is 19.5. The van der Waals surface area contributed by atoms with E-state index in [1.165, 1.54) is 24.4 Å². The minimum atomic E-state index is -4.04. The van der Waals surface area contributed by atoms with Gasteiger partial charge in [-0.05, 0) is 55.7 Å². The van der Waals surface area contributed by atoms with Crippen LogP contribution in [-0.2, 0) is 14.7 Å². The van der Waals surface area contributed by atoms with Gasteiger partial charge >= 0.3 is 0 Å². The first kappa shape index (κ1) is 27.2. The van der Waals surface area contributed by atoms with Crippen LogP contribution in [0.25, 0.3) is 0 Å². The van der Waals surface area contributed by atoms with Gasteiger partial charge in [0, 0.05) is 23.4 Å². The topological polar surface area (TPSA) is 105 Å². The quantitative estimate of drug-likeness (QED) is 0.158. The van der Waals surface area contributed by atoms with E-state index in [-0.39, 0.29) is 52.5 Å². The highest BCUT2D eigenvalue weighted by Gasteiger charge is 2.54. The van der Waals surface area contributed by atoms with Crippen molar-refractivity contribution >= 4 is 39.2 Å². The Balaban J connectivity index is 1.57. The molecule has 198 valence electrons. The summed E-state index contributed by atoms with van der Waals surface area (Å²) < 4.78 is 67.7. The van der Waals surface area contributed by atoms with Gasteiger partial charge in [0.1, 0.15) is 12.2 Å². The summed E-state index contributed by atoms with van der Waals surface area (Å²) >= 11 is 6.25. The number of anilines is 1. The molecule has 2 saturated carbocycles. The number of sulfone groups is 1. The number of oxime groups is 1. The number of carbonyl (C=O) groups is 1. The summed E-state index contributed by atoms with van der Waals surface area (Å²) in [6.07, 6.45) is 4.28. The van der Waals surface area contributed by atoms with Crippen LogP contribution in [0.1, 0.15) is 36.0 Å². The lowest BCUT2D eigenvalue weighted by molar-refractivity contribution is 0.0431. The maximum absolute atomic E-state index is 13.7. The molecular formula is C25H24ClF3N2O5S. The van der Waals surface area contributed by atoms with Crippen LogP contribution in [0.4, 0.5) is 18.9 Å². The van der Waals surface area contributed by atoms with E-state index in [2.05, 4.69) is 17.1 Å². The fraction of sp³-hybridized carbons (Fsp3) is 0.360. The normalized spacial score (nSPS) is 25.3. The summed E-state index contributed by atoms with van der Waals surface area (Å²) in [7, 11) is -4.04. The summed E-state index contributed by atoms with van der Waals surface area (Å²) in [6.45, 7) is 3.68. The molecule has 2 atom stereocenters. The van der Waals surface area contributed by atoms with Gasteiger partial charge in [-0.15, -0.1) is 0 Å². The molecule has 2 fully saturated rings. The lowest BCUT2D eigenvalue weighted by Crippen LogP contribution is -2.47. The van der Waals surface area contributed by atoms with Crippen molar-refractivity contribution in [1.29, 1.82) is 0 Å². The molecular weight excluding hydrogens is 533 g/mol. The molecule has 0 saturated heterocycles. The molecule has 2 aliphatic carbocycles. The van der Waals surface area contributed by atoms with Gasteiger partial charge < -0.3 is 15.3 Å². The molecule has 1 amide bonds. The predicted molar refractivity (Wildman–Crippen MR) is 132 cm³/mol. The van der Waals surface area contributed by atoms with Gasteiger partial charge in [-0.25, -0.2) is 21.6 Å². The van der Waals surface area contributed by atoms with E-state index in [0.717, 1.165) is 6.07 Å². The molecule has 0 aromatic heterocycles. The summed E-state index contributed by atoms with van der Waals surface area (Å²) in [5, 5.41) is 16.0. The van der Waals surface area contributed by atoms with Crippen LogP contribution in [0.5, 0.6) is 0 Å².